The van der Waals surface area contributed by atoms with Gasteiger partial charge in [0.1, 0.15) is 5.76 Å². The van der Waals surface area contributed by atoms with Crippen molar-refractivity contribution in [2.45, 2.75) is 20.8 Å². The maximum atomic E-state index is 11.8. The highest BCUT2D eigenvalue weighted by atomic mass is 16.3. The van der Waals surface area contributed by atoms with Gasteiger partial charge >= 0.3 is 0 Å². The monoisotopic (exact) mass is 219 g/mol. The third-order valence-electron chi connectivity index (χ3n) is 2.33. The van der Waals surface area contributed by atoms with Gasteiger partial charge in [-0.15, -0.1) is 0 Å². The molecule has 2 N–H and O–H groups in total. The van der Waals surface area contributed by atoms with Gasteiger partial charge in [-0.1, -0.05) is 0 Å². The van der Waals surface area contributed by atoms with E-state index in [-0.39, 0.29) is 5.91 Å². The second-order valence-electron chi connectivity index (χ2n) is 3.67. The lowest BCUT2D eigenvalue weighted by atomic mass is 10.3. The number of aromatic nitrogens is 2. The number of hydrogen-bond donors (Lipinski definition) is 2. The highest BCUT2D eigenvalue weighted by Crippen LogP contribution is 2.17. The van der Waals surface area contributed by atoms with Crippen LogP contribution in [0.25, 0.3) is 0 Å². The van der Waals surface area contributed by atoms with Crippen LogP contribution in [0.3, 0.4) is 0 Å². The Morgan fingerprint density at radius 2 is 2.12 bits per heavy atom. The van der Waals surface area contributed by atoms with E-state index >= 15 is 0 Å². The lowest BCUT2D eigenvalue weighted by Gasteiger charge is -2.02. The molecule has 2 aromatic rings. The third kappa shape index (κ3) is 1.84. The molecule has 2 rings (SSSR count). The SMILES string of the molecule is Cc1ccc(C(=O)Nc2c(C)n[nH]c2C)o1. The van der Waals surface area contributed by atoms with Gasteiger partial charge in [0.05, 0.1) is 17.1 Å². The maximum Gasteiger partial charge on any atom is 0.291 e. The lowest BCUT2D eigenvalue weighted by Crippen LogP contribution is -2.11. The Morgan fingerprint density at radius 3 is 2.62 bits per heavy atom. The molecular weight excluding hydrogens is 206 g/mol. The number of rotatable bonds is 2. The zero-order valence-corrected chi connectivity index (χ0v) is 9.42. The molecule has 0 aliphatic carbocycles. The fraction of sp³-hybridized carbons (Fsp3) is 0.273. The van der Waals surface area contributed by atoms with Crippen molar-refractivity contribution in [3.8, 4) is 0 Å². The Labute approximate surface area is 92.9 Å². The van der Waals surface area contributed by atoms with Crippen molar-refractivity contribution in [2.75, 3.05) is 5.32 Å². The topological polar surface area (TPSA) is 70.9 Å². The molecule has 0 bridgehead atoms. The molecule has 2 heterocycles. The van der Waals surface area contributed by atoms with Gasteiger partial charge in [0.25, 0.3) is 5.91 Å². The number of amides is 1. The van der Waals surface area contributed by atoms with Crippen LogP contribution < -0.4 is 5.32 Å². The third-order valence-corrected chi connectivity index (χ3v) is 2.33. The maximum absolute atomic E-state index is 11.8. The molecule has 0 aromatic carbocycles. The molecule has 0 fully saturated rings. The molecule has 84 valence electrons. The number of hydrogen-bond acceptors (Lipinski definition) is 3. The summed E-state index contributed by atoms with van der Waals surface area (Å²) in [6.45, 7) is 5.47. The van der Waals surface area contributed by atoms with Crippen LogP contribution in [-0.4, -0.2) is 16.1 Å². The number of nitrogens with zero attached hydrogens (tertiary/aromatic N) is 1. The summed E-state index contributed by atoms with van der Waals surface area (Å²) in [5, 5.41) is 9.56. The highest BCUT2D eigenvalue weighted by molar-refractivity contribution is 6.02. The zero-order chi connectivity index (χ0) is 11.7. The smallest absolute Gasteiger partial charge is 0.291 e. The van der Waals surface area contributed by atoms with E-state index in [2.05, 4.69) is 15.5 Å². The van der Waals surface area contributed by atoms with Crippen LogP contribution in [0, 0.1) is 20.8 Å². The van der Waals surface area contributed by atoms with Crippen LogP contribution >= 0.6 is 0 Å². The van der Waals surface area contributed by atoms with Crippen molar-refractivity contribution in [1.82, 2.24) is 10.2 Å². The molecule has 16 heavy (non-hydrogen) atoms. The van der Waals surface area contributed by atoms with E-state index in [0.717, 1.165) is 11.4 Å². The average Bonchev–Trinajstić information content (AvgIpc) is 2.79. The summed E-state index contributed by atoms with van der Waals surface area (Å²) in [5.41, 5.74) is 2.29. The Kier molecular flexibility index (Phi) is 2.52. The molecule has 5 heteroatoms. The minimum Gasteiger partial charge on any atom is -0.456 e. The summed E-state index contributed by atoms with van der Waals surface area (Å²) in [6.07, 6.45) is 0. The van der Waals surface area contributed by atoms with E-state index < -0.39 is 0 Å². The summed E-state index contributed by atoms with van der Waals surface area (Å²) in [4.78, 5) is 11.8. The second kappa shape index (κ2) is 3.84. The number of aryl methyl sites for hydroxylation is 3. The number of carbonyl (C=O) groups is 1. The van der Waals surface area contributed by atoms with Gasteiger partial charge in [0, 0.05) is 0 Å². The van der Waals surface area contributed by atoms with E-state index in [4.69, 9.17) is 4.42 Å². The van der Waals surface area contributed by atoms with Crippen molar-refractivity contribution < 1.29 is 9.21 Å². The van der Waals surface area contributed by atoms with Crippen molar-refractivity contribution in [1.29, 1.82) is 0 Å². The Morgan fingerprint density at radius 1 is 1.38 bits per heavy atom. The molecule has 0 spiro atoms. The van der Waals surface area contributed by atoms with E-state index in [1.165, 1.54) is 0 Å². The number of H-pyrrole nitrogens is 1. The van der Waals surface area contributed by atoms with Crippen LogP contribution in [0.5, 0.6) is 0 Å². The zero-order valence-electron chi connectivity index (χ0n) is 9.42. The van der Waals surface area contributed by atoms with Gasteiger partial charge in [0.15, 0.2) is 5.76 Å². The van der Waals surface area contributed by atoms with Crippen molar-refractivity contribution >= 4 is 11.6 Å². The van der Waals surface area contributed by atoms with E-state index in [1.54, 1.807) is 19.1 Å². The summed E-state index contributed by atoms with van der Waals surface area (Å²) in [6, 6.07) is 3.40. The fourth-order valence-corrected chi connectivity index (χ4v) is 1.47. The summed E-state index contributed by atoms with van der Waals surface area (Å²) in [7, 11) is 0. The van der Waals surface area contributed by atoms with Gasteiger partial charge in [-0.2, -0.15) is 5.10 Å². The van der Waals surface area contributed by atoms with Gasteiger partial charge in [-0.3, -0.25) is 9.89 Å². The number of nitrogens with one attached hydrogen (secondary N) is 2. The summed E-state index contributed by atoms with van der Waals surface area (Å²) < 4.78 is 5.23. The molecule has 1 amide bonds. The van der Waals surface area contributed by atoms with E-state index in [9.17, 15) is 4.79 Å². The Balaban J connectivity index is 2.20. The average molecular weight is 219 g/mol. The molecule has 0 saturated heterocycles. The number of carbonyl (C=O) groups excluding carboxylic acids is 1. The first-order chi connectivity index (χ1) is 7.58. The van der Waals surface area contributed by atoms with Crippen LogP contribution in [0.2, 0.25) is 0 Å². The molecular formula is C11H13N3O2. The molecule has 0 radical (unpaired) electrons. The van der Waals surface area contributed by atoms with Crippen LogP contribution in [0.15, 0.2) is 16.5 Å². The van der Waals surface area contributed by atoms with Crippen molar-refractivity contribution in [3.05, 3.63) is 35.0 Å². The molecule has 5 nitrogen and oxygen atoms in total. The van der Waals surface area contributed by atoms with Crippen LogP contribution in [0.4, 0.5) is 5.69 Å². The standard InChI is InChI=1S/C11H13N3O2/c1-6-4-5-9(16-6)11(15)12-10-7(2)13-14-8(10)3/h4-5H,1-3H3,(H,12,15)(H,13,14). The van der Waals surface area contributed by atoms with Crippen molar-refractivity contribution in [2.24, 2.45) is 0 Å². The Bertz CT molecular complexity index is 506. The van der Waals surface area contributed by atoms with E-state index in [0.29, 0.717) is 17.2 Å². The Hall–Kier alpha value is -2.04. The molecule has 0 unspecified atom stereocenters. The second-order valence-corrected chi connectivity index (χ2v) is 3.67. The van der Waals surface area contributed by atoms with Crippen molar-refractivity contribution in [3.63, 3.8) is 0 Å². The predicted octanol–water partition coefficient (Wildman–Crippen LogP) is 2.18. The fourth-order valence-electron chi connectivity index (χ4n) is 1.47. The van der Waals surface area contributed by atoms with Gasteiger partial charge in [-0.05, 0) is 32.9 Å². The molecule has 2 aromatic heterocycles. The molecule has 0 atom stereocenters. The normalized spacial score (nSPS) is 10.4. The molecule has 0 aliphatic heterocycles. The van der Waals surface area contributed by atoms with Crippen LogP contribution in [0.1, 0.15) is 27.7 Å². The van der Waals surface area contributed by atoms with Gasteiger partial charge < -0.3 is 9.73 Å². The molecule has 0 aliphatic rings. The highest BCUT2D eigenvalue weighted by Gasteiger charge is 2.14. The van der Waals surface area contributed by atoms with Gasteiger partial charge in [-0.25, -0.2) is 0 Å². The largest absolute Gasteiger partial charge is 0.456 e. The predicted molar refractivity (Wildman–Crippen MR) is 59.5 cm³/mol. The molecule has 0 saturated carbocycles. The first-order valence-corrected chi connectivity index (χ1v) is 4.97. The summed E-state index contributed by atoms with van der Waals surface area (Å²) in [5.74, 6) is 0.754. The minimum absolute atomic E-state index is 0.263. The van der Waals surface area contributed by atoms with Crippen LogP contribution in [-0.2, 0) is 0 Å². The number of furan rings is 1. The van der Waals surface area contributed by atoms with E-state index in [1.807, 2.05) is 13.8 Å². The minimum atomic E-state index is -0.263. The first kappa shape index (κ1) is 10.5. The number of anilines is 1. The lowest BCUT2D eigenvalue weighted by molar-refractivity contribution is 0.0995. The first-order valence-electron chi connectivity index (χ1n) is 4.97. The summed E-state index contributed by atoms with van der Waals surface area (Å²) >= 11 is 0. The van der Waals surface area contributed by atoms with Gasteiger partial charge in [0.2, 0.25) is 0 Å². The number of aromatic amines is 1. The quantitative estimate of drug-likeness (QED) is 0.813.